The second-order valence-electron chi connectivity index (χ2n) is 5.81. The summed E-state index contributed by atoms with van der Waals surface area (Å²) in [7, 11) is 1.95. The zero-order valence-electron chi connectivity index (χ0n) is 12.5. The Morgan fingerprint density at radius 2 is 2.14 bits per heavy atom. The van der Waals surface area contributed by atoms with Crippen molar-refractivity contribution in [2.45, 2.75) is 31.7 Å². The third-order valence-corrected chi connectivity index (χ3v) is 4.52. The molecule has 1 amide bonds. The van der Waals surface area contributed by atoms with Gasteiger partial charge < -0.3 is 14.6 Å². The first-order chi connectivity index (χ1) is 10.2. The number of benzene rings is 1. The molecule has 1 aliphatic heterocycles. The lowest BCUT2D eigenvalue weighted by atomic mass is 9.99. The Kier molecular flexibility index (Phi) is 3.97. The van der Waals surface area contributed by atoms with Gasteiger partial charge in [0, 0.05) is 37.1 Å². The predicted octanol–water partition coefficient (Wildman–Crippen LogP) is 2.56. The molecule has 1 unspecified atom stereocenters. The molecule has 4 nitrogen and oxygen atoms in total. The number of para-hydroxylation sites is 1. The number of carbonyl (C=O) groups is 1. The van der Waals surface area contributed by atoms with Crippen molar-refractivity contribution < 1.29 is 9.90 Å². The Hall–Kier alpha value is -1.81. The highest BCUT2D eigenvalue weighted by Gasteiger charge is 2.28. The van der Waals surface area contributed by atoms with Crippen molar-refractivity contribution in [2.24, 2.45) is 7.05 Å². The van der Waals surface area contributed by atoms with Gasteiger partial charge in [0.15, 0.2) is 0 Å². The molecule has 0 radical (unpaired) electrons. The first kappa shape index (κ1) is 14.1. The summed E-state index contributed by atoms with van der Waals surface area (Å²) < 4.78 is 1.97. The fourth-order valence-electron chi connectivity index (χ4n) is 3.36. The summed E-state index contributed by atoms with van der Waals surface area (Å²) in [6.07, 6.45) is 3.87. The number of likely N-dealkylation sites (tertiary alicyclic amines) is 1. The molecule has 2 aromatic rings. The smallest absolute Gasteiger partial charge is 0.270 e. The SMILES string of the molecule is Cn1c(C(=O)N2CCCCC2CCO)cc2ccccc21. The highest BCUT2D eigenvalue weighted by atomic mass is 16.3. The van der Waals surface area contributed by atoms with Gasteiger partial charge in [-0.25, -0.2) is 0 Å². The number of nitrogens with zero attached hydrogens (tertiary/aromatic N) is 2. The number of aliphatic hydroxyl groups is 1. The van der Waals surface area contributed by atoms with Gasteiger partial charge in [-0.2, -0.15) is 0 Å². The number of hydrogen-bond donors (Lipinski definition) is 1. The zero-order valence-corrected chi connectivity index (χ0v) is 12.5. The van der Waals surface area contributed by atoms with Crippen LogP contribution in [-0.2, 0) is 7.05 Å². The average molecular weight is 286 g/mol. The van der Waals surface area contributed by atoms with Crippen molar-refractivity contribution >= 4 is 16.8 Å². The van der Waals surface area contributed by atoms with Crippen LogP contribution in [0, 0.1) is 0 Å². The van der Waals surface area contributed by atoms with Crippen LogP contribution in [0.4, 0.5) is 0 Å². The molecule has 1 fully saturated rings. The molecule has 112 valence electrons. The summed E-state index contributed by atoms with van der Waals surface area (Å²) in [4.78, 5) is 14.9. The van der Waals surface area contributed by atoms with Gasteiger partial charge in [0.25, 0.3) is 5.91 Å². The van der Waals surface area contributed by atoms with E-state index in [0.717, 1.165) is 42.4 Å². The van der Waals surface area contributed by atoms with Crippen LogP contribution in [0.1, 0.15) is 36.2 Å². The summed E-state index contributed by atoms with van der Waals surface area (Å²) >= 11 is 0. The molecule has 1 N–H and O–H groups in total. The lowest BCUT2D eigenvalue weighted by molar-refractivity contribution is 0.0565. The summed E-state index contributed by atoms with van der Waals surface area (Å²) in [6, 6.07) is 10.2. The van der Waals surface area contributed by atoms with Crippen LogP contribution in [-0.4, -0.2) is 39.7 Å². The Morgan fingerprint density at radius 3 is 2.90 bits per heavy atom. The van der Waals surface area contributed by atoms with E-state index >= 15 is 0 Å². The fourth-order valence-corrected chi connectivity index (χ4v) is 3.36. The van der Waals surface area contributed by atoms with Crippen LogP contribution < -0.4 is 0 Å². The Bertz CT molecular complexity index is 645. The number of aliphatic hydroxyl groups excluding tert-OH is 1. The van der Waals surface area contributed by atoms with E-state index in [9.17, 15) is 9.90 Å². The van der Waals surface area contributed by atoms with E-state index in [4.69, 9.17) is 0 Å². The van der Waals surface area contributed by atoms with Crippen molar-refractivity contribution in [1.29, 1.82) is 0 Å². The minimum Gasteiger partial charge on any atom is -0.396 e. The van der Waals surface area contributed by atoms with E-state index in [1.54, 1.807) is 0 Å². The highest BCUT2D eigenvalue weighted by molar-refractivity contribution is 5.98. The van der Waals surface area contributed by atoms with Gasteiger partial charge in [-0.1, -0.05) is 18.2 Å². The Morgan fingerprint density at radius 1 is 1.33 bits per heavy atom. The number of rotatable bonds is 3. The van der Waals surface area contributed by atoms with E-state index < -0.39 is 0 Å². The fraction of sp³-hybridized carbons (Fsp3) is 0.471. The Balaban J connectivity index is 1.93. The van der Waals surface area contributed by atoms with Crippen molar-refractivity contribution in [3.63, 3.8) is 0 Å². The summed E-state index contributed by atoms with van der Waals surface area (Å²) in [5, 5.41) is 10.3. The van der Waals surface area contributed by atoms with Crippen molar-refractivity contribution in [3.8, 4) is 0 Å². The second-order valence-corrected chi connectivity index (χ2v) is 5.81. The quantitative estimate of drug-likeness (QED) is 0.942. The molecule has 0 saturated carbocycles. The molecule has 0 bridgehead atoms. The second kappa shape index (κ2) is 5.90. The summed E-state index contributed by atoms with van der Waals surface area (Å²) in [5.74, 6) is 0.0897. The molecule has 4 heteroatoms. The van der Waals surface area contributed by atoms with Gasteiger partial charge in [-0.05, 0) is 37.8 Å². The van der Waals surface area contributed by atoms with Gasteiger partial charge in [-0.3, -0.25) is 4.79 Å². The Labute approximate surface area is 125 Å². The van der Waals surface area contributed by atoms with Crippen molar-refractivity contribution in [1.82, 2.24) is 9.47 Å². The van der Waals surface area contributed by atoms with Crippen LogP contribution in [0.25, 0.3) is 10.9 Å². The van der Waals surface area contributed by atoms with Gasteiger partial charge in [0.05, 0.1) is 0 Å². The number of piperidine rings is 1. The maximum atomic E-state index is 12.9. The summed E-state index contributed by atoms with van der Waals surface area (Å²) in [6.45, 7) is 0.939. The van der Waals surface area contributed by atoms with Gasteiger partial charge in [0.1, 0.15) is 5.69 Å². The maximum Gasteiger partial charge on any atom is 0.270 e. The number of aromatic nitrogens is 1. The maximum absolute atomic E-state index is 12.9. The summed E-state index contributed by atoms with van der Waals surface area (Å²) in [5.41, 5.74) is 1.82. The zero-order chi connectivity index (χ0) is 14.8. The highest BCUT2D eigenvalue weighted by Crippen LogP contribution is 2.24. The van der Waals surface area contributed by atoms with Crippen molar-refractivity contribution in [3.05, 3.63) is 36.0 Å². The van der Waals surface area contributed by atoms with Crippen LogP contribution in [0.2, 0.25) is 0 Å². The standard InChI is InChI=1S/C17H22N2O2/c1-18-15-8-3-2-6-13(15)12-16(18)17(21)19-10-5-4-7-14(19)9-11-20/h2-3,6,8,12,14,20H,4-5,7,9-11H2,1H3. The van der Waals surface area contributed by atoms with E-state index in [0.29, 0.717) is 6.42 Å². The number of fused-ring (bicyclic) bond motifs is 1. The molecule has 0 aliphatic carbocycles. The van der Waals surface area contributed by atoms with Crippen LogP contribution in [0.3, 0.4) is 0 Å². The molecular formula is C17H22N2O2. The van der Waals surface area contributed by atoms with E-state index in [-0.39, 0.29) is 18.6 Å². The van der Waals surface area contributed by atoms with Gasteiger partial charge in [0.2, 0.25) is 0 Å². The largest absolute Gasteiger partial charge is 0.396 e. The molecule has 1 aliphatic rings. The minimum absolute atomic E-state index is 0.0897. The third kappa shape index (κ3) is 2.56. The molecule has 2 heterocycles. The average Bonchev–Trinajstić information content (AvgIpc) is 2.85. The molecule has 1 aromatic heterocycles. The molecule has 1 saturated heterocycles. The molecule has 1 aromatic carbocycles. The number of carbonyl (C=O) groups excluding carboxylic acids is 1. The molecule has 21 heavy (non-hydrogen) atoms. The molecule has 0 spiro atoms. The number of hydrogen-bond acceptors (Lipinski definition) is 2. The van der Waals surface area contributed by atoms with Gasteiger partial charge in [-0.15, -0.1) is 0 Å². The van der Waals surface area contributed by atoms with E-state index in [2.05, 4.69) is 0 Å². The van der Waals surface area contributed by atoms with Crippen LogP contribution in [0.15, 0.2) is 30.3 Å². The van der Waals surface area contributed by atoms with Crippen LogP contribution >= 0.6 is 0 Å². The van der Waals surface area contributed by atoms with E-state index in [1.165, 1.54) is 0 Å². The molecule has 1 atom stereocenters. The van der Waals surface area contributed by atoms with Gasteiger partial charge >= 0.3 is 0 Å². The number of aryl methyl sites for hydroxylation is 1. The number of amides is 1. The molecular weight excluding hydrogens is 264 g/mol. The lowest BCUT2D eigenvalue weighted by Crippen LogP contribution is -2.44. The van der Waals surface area contributed by atoms with E-state index in [1.807, 2.05) is 46.8 Å². The third-order valence-electron chi connectivity index (χ3n) is 4.52. The first-order valence-corrected chi connectivity index (χ1v) is 7.68. The topological polar surface area (TPSA) is 45.5 Å². The first-order valence-electron chi connectivity index (χ1n) is 7.68. The van der Waals surface area contributed by atoms with Crippen molar-refractivity contribution in [2.75, 3.05) is 13.2 Å². The predicted molar refractivity (Wildman–Crippen MR) is 83.3 cm³/mol. The minimum atomic E-state index is 0.0897. The normalized spacial score (nSPS) is 19.1. The lowest BCUT2D eigenvalue weighted by Gasteiger charge is -2.35. The monoisotopic (exact) mass is 286 g/mol. The van der Waals surface area contributed by atoms with Crippen LogP contribution in [0.5, 0.6) is 0 Å². The molecule has 3 rings (SSSR count).